The molecule has 1 amide bonds. The Balaban J connectivity index is 2.14. The van der Waals surface area contributed by atoms with Crippen molar-refractivity contribution in [1.29, 1.82) is 0 Å². The van der Waals surface area contributed by atoms with Crippen LogP contribution in [-0.2, 0) is 13.6 Å². The number of non-ortho nitro benzene ring substituents is 1. The van der Waals surface area contributed by atoms with Crippen LogP contribution in [-0.4, -0.2) is 32.6 Å². The second-order valence-electron chi connectivity index (χ2n) is 4.45. The van der Waals surface area contributed by atoms with Crippen LogP contribution >= 0.6 is 0 Å². The van der Waals surface area contributed by atoms with E-state index in [-0.39, 0.29) is 17.2 Å². The number of nitro groups is 1. The van der Waals surface area contributed by atoms with Crippen LogP contribution in [0.2, 0.25) is 0 Å². The summed E-state index contributed by atoms with van der Waals surface area (Å²) in [4.78, 5) is 23.9. The highest BCUT2D eigenvalue weighted by Crippen LogP contribution is 2.15. The number of benzene rings is 1. The molecule has 0 aliphatic heterocycles. The van der Waals surface area contributed by atoms with Crippen molar-refractivity contribution in [2.75, 3.05) is 7.05 Å². The Hall–Kier alpha value is -2.70. The van der Waals surface area contributed by atoms with Crippen LogP contribution < -0.4 is 0 Å². The maximum Gasteiger partial charge on any atom is 0.270 e. The van der Waals surface area contributed by atoms with Crippen LogP contribution in [0.1, 0.15) is 16.1 Å². The van der Waals surface area contributed by atoms with E-state index in [1.165, 1.54) is 23.1 Å². The zero-order chi connectivity index (χ0) is 14.7. The predicted octanol–water partition coefficient (Wildman–Crippen LogP) is 1.60. The second kappa shape index (κ2) is 5.52. The third-order valence-electron chi connectivity index (χ3n) is 2.82. The highest BCUT2D eigenvalue weighted by molar-refractivity contribution is 5.94. The molecule has 0 spiro atoms. The molecule has 1 aromatic heterocycles. The van der Waals surface area contributed by atoms with Gasteiger partial charge >= 0.3 is 0 Å². The van der Waals surface area contributed by atoms with Gasteiger partial charge in [-0.15, -0.1) is 0 Å². The van der Waals surface area contributed by atoms with Crippen molar-refractivity contribution in [3.05, 3.63) is 57.9 Å². The van der Waals surface area contributed by atoms with Gasteiger partial charge in [0.25, 0.3) is 11.6 Å². The van der Waals surface area contributed by atoms with Crippen LogP contribution in [0.3, 0.4) is 0 Å². The summed E-state index contributed by atoms with van der Waals surface area (Å²) < 4.78 is 1.65. The predicted molar refractivity (Wildman–Crippen MR) is 72.1 cm³/mol. The van der Waals surface area contributed by atoms with Crippen molar-refractivity contribution >= 4 is 11.6 Å². The van der Waals surface area contributed by atoms with Crippen LogP contribution in [0.25, 0.3) is 0 Å². The zero-order valence-corrected chi connectivity index (χ0v) is 11.2. The lowest BCUT2D eigenvalue weighted by molar-refractivity contribution is -0.384. The minimum absolute atomic E-state index is 0.0953. The van der Waals surface area contributed by atoms with Gasteiger partial charge in [0.2, 0.25) is 0 Å². The number of hydrogen-bond acceptors (Lipinski definition) is 4. The zero-order valence-electron chi connectivity index (χ0n) is 11.2. The fourth-order valence-corrected chi connectivity index (χ4v) is 1.84. The molecular weight excluding hydrogens is 260 g/mol. The molecule has 0 aliphatic rings. The van der Waals surface area contributed by atoms with E-state index < -0.39 is 4.92 Å². The SMILES string of the molecule is CN(Cc1ccn(C)n1)C(=O)c1cccc([N+](=O)[O-])c1. The molecule has 0 fully saturated rings. The van der Waals surface area contributed by atoms with Crippen molar-refractivity contribution in [3.63, 3.8) is 0 Å². The molecule has 0 atom stereocenters. The van der Waals surface area contributed by atoms with Gasteiger partial charge in [0.15, 0.2) is 0 Å². The summed E-state index contributed by atoms with van der Waals surface area (Å²) in [6.45, 7) is 0.350. The number of aryl methyl sites for hydroxylation is 1. The molecule has 0 N–H and O–H groups in total. The molecule has 104 valence electrons. The number of nitrogens with zero attached hydrogens (tertiary/aromatic N) is 4. The number of amides is 1. The Labute approximate surface area is 115 Å². The Morgan fingerprint density at radius 3 is 2.80 bits per heavy atom. The fraction of sp³-hybridized carbons (Fsp3) is 0.231. The summed E-state index contributed by atoms with van der Waals surface area (Å²) >= 11 is 0. The molecule has 0 unspecified atom stereocenters. The molecule has 0 saturated heterocycles. The van der Waals surface area contributed by atoms with Gasteiger partial charge in [-0.3, -0.25) is 19.6 Å². The highest BCUT2D eigenvalue weighted by atomic mass is 16.6. The monoisotopic (exact) mass is 274 g/mol. The molecule has 0 saturated carbocycles. The van der Waals surface area contributed by atoms with Gasteiger partial charge < -0.3 is 4.90 Å². The van der Waals surface area contributed by atoms with Gasteiger partial charge in [-0.1, -0.05) is 6.07 Å². The molecule has 2 aromatic rings. The van der Waals surface area contributed by atoms with Crippen LogP contribution in [0, 0.1) is 10.1 Å². The molecule has 2 rings (SSSR count). The minimum atomic E-state index is -0.518. The molecule has 7 heteroatoms. The van der Waals surface area contributed by atoms with Crippen LogP contribution in [0.4, 0.5) is 5.69 Å². The molecule has 1 aromatic carbocycles. The second-order valence-corrected chi connectivity index (χ2v) is 4.45. The summed E-state index contributed by atoms with van der Waals surface area (Å²) in [5, 5.41) is 14.9. The number of rotatable bonds is 4. The largest absolute Gasteiger partial charge is 0.336 e. The Bertz CT molecular complexity index is 651. The lowest BCUT2D eigenvalue weighted by Crippen LogP contribution is -2.26. The molecule has 0 aliphatic carbocycles. The lowest BCUT2D eigenvalue weighted by Gasteiger charge is -2.15. The first-order chi connectivity index (χ1) is 9.47. The standard InChI is InChI=1S/C13H14N4O3/c1-15(9-11-6-7-16(2)14-11)13(18)10-4-3-5-12(8-10)17(19)20/h3-8H,9H2,1-2H3. The summed E-state index contributed by atoms with van der Waals surface area (Å²) in [7, 11) is 3.43. The maximum absolute atomic E-state index is 12.2. The minimum Gasteiger partial charge on any atom is -0.336 e. The normalized spacial score (nSPS) is 10.3. The van der Waals surface area contributed by atoms with E-state index in [1.807, 2.05) is 6.07 Å². The Morgan fingerprint density at radius 2 is 2.20 bits per heavy atom. The van der Waals surface area contributed by atoms with Gasteiger partial charge in [-0.25, -0.2) is 0 Å². The third kappa shape index (κ3) is 3.00. The smallest absolute Gasteiger partial charge is 0.270 e. The van der Waals surface area contributed by atoms with E-state index in [4.69, 9.17) is 0 Å². The van der Waals surface area contributed by atoms with Crippen molar-refractivity contribution in [2.24, 2.45) is 7.05 Å². The van der Waals surface area contributed by atoms with Crippen molar-refractivity contribution in [2.45, 2.75) is 6.54 Å². The first kappa shape index (κ1) is 13.7. The first-order valence-electron chi connectivity index (χ1n) is 5.96. The van der Waals surface area contributed by atoms with E-state index in [0.29, 0.717) is 6.54 Å². The average Bonchev–Trinajstić information content (AvgIpc) is 2.83. The van der Waals surface area contributed by atoms with E-state index in [1.54, 1.807) is 31.0 Å². The summed E-state index contributed by atoms with van der Waals surface area (Å²) in [5.41, 5.74) is 0.952. The quantitative estimate of drug-likeness (QED) is 0.626. The molecule has 1 heterocycles. The van der Waals surface area contributed by atoms with Gasteiger partial charge in [0.05, 0.1) is 17.2 Å². The topological polar surface area (TPSA) is 81.3 Å². The molecule has 0 bridgehead atoms. The molecular formula is C13H14N4O3. The number of hydrogen-bond donors (Lipinski definition) is 0. The van der Waals surface area contributed by atoms with Crippen LogP contribution in [0.5, 0.6) is 0 Å². The van der Waals surface area contributed by atoms with Crippen LogP contribution in [0.15, 0.2) is 36.5 Å². The first-order valence-corrected chi connectivity index (χ1v) is 5.96. The Kier molecular flexibility index (Phi) is 3.79. The van der Waals surface area contributed by atoms with Gasteiger partial charge in [0, 0.05) is 38.0 Å². The Morgan fingerprint density at radius 1 is 1.45 bits per heavy atom. The number of nitro benzene ring substituents is 1. The van der Waals surface area contributed by atoms with Gasteiger partial charge in [-0.2, -0.15) is 5.10 Å². The number of aromatic nitrogens is 2. The van der Waals surface area contributed by atoms with E-state index in [2.05, 4.69) is 5.10 Å². The molecule has 7 nitrogen and oxygen atoms in total. The third-order valence-corrected chi connectivity index (χ3v) is 2.82. The van der Waals surface area contributed by atoms with Gasteiger partial charge in [-0.05, 0) is 12.1 Å². The van der Waals surface area contributed by atoms with E-state index in [0.717, 1.165) is 5.69 Å². The lowest BCUT2D eigenvalue weighted by atomic mass is 10.2. The van der Waals surface area contributed by atoms with Crippen molar-refractivity contribution in [1.82, 2.24) is 14.7 Å². The summed E-state index contributed by atoms with van der Waals surface area (Å²) in [6.07, 6.45) is 1.79. The van der Waals surface area contributed by atoms with Crippen molar-refractivity contribution in [3.8, 4) is 0 Å². The summed E-state index contributed by atoms with van der Waals surface area (Å²) in [6, 6.07) is 7.51. The summed E-state index contributed by atoms with van der Waals surface area (Å²) in [5.74, 6) is -0.278. The maximum atomic E-state index is 12.2. The van der Waals surface area contributed by atoms with Gasteiger partial charge in [0.1, 0.15) is 0 Å². The average molecular weight is 274 g/mol. The van der Waals surface area contributed by atoms with Crippen molar-refractivity contribution < 1.29 is 9.72 Å². The highest BCUT2D eigenvalue weighted by Gasteiger charge is 2.16. The molecule has 0 radical (unpaired) electrons. The molecule has 20 heavy (non-hydrogen) atoms. The number of carbonyl (C=O) groups is 1. The van der Waals surface area contributed by atoms with E-state index >= 15 is 0 Å². The number of carbonyl (C=O) groups excluding carboxylic acids is 1. The fourth-order valence-electron chi connectivity index (χ4n) is 1.84. The van der Waals surface area contributed by atoms with E-state index in [9.17, 15) is 14.9 Å².